The highest BCUT2D eigenvalue weighted by Gasteiger charge is 2.15. The molecule has 1 heterocycles. The molecule has 1 saturated heterocycles. The lowest BCUT2D eigenvalue weighted by Gasteiger charge is -2.10. The summed E-state index contributed by atoms with van der Waals surface area (Å²) in [5.41, 5.74) is 0.417. The third kappa shape index (κ3) is 3.03. The largest absolute Gasteiger partial charge is 0.363 e. The van der Waals surface area contributed by atoms with E-state index in [2.05, 4.69) is 10.3 Å². The minimum absolute atomic E-state index is 0.381. The van der Waals surface area contributed by atoms with Crippen molar-refractivity contribution in [3.05, 3.63) is 30.1 Å². The molecular formula is C12H14FN3O. The Bertz CT molecular complexity index is 459. The second kappa shape index (κ2) is 4.95. The summed E-state index contributed by atoms with van der Waals surface area (Å²) in [5.74, 6) is 0.396. The number of hydrogen-bond donors (Lipinski definition) is 1. The number of carbonyl (C=O) groups excluding carboxylic acids is 1. The Morgan fingerprint density at radius 2 is 2.35 bits per heavy atom. The quantitative estimate of drug-likeness (QED) is 0.812. The van der Waals surface area contributed by atoms with E-state index in [1.165, 1.54) is 12.1 Å². The number of urea groups is 1. The molecule has 0 atom stereocenters. The Balaban J connectivity index is 2.02. The maximum absolute atomic E-state index is 12.9. The van der Waals surface area contributed by atoms with Crippen LogP contribution in [0.5, 0.6) is 0 Å². The highest BCUT2D eigenvalue weighted by molar-refractivity contribution is 6.00. The van der Waals surface area contributed by atoms with E-state index >= 15 is 0 Å². The van der Waals surface area contributed by atoms with Crippen LogP contribution in [0.25, 0.3) is 0 Å². The van der Waals surface area contributed by atoms with E-state index in [4.69, 9.17) is 0 Å². The molecule has 5 heteroatoms. The Labute approximate surface area is 99.1 Å². The van der Waals surface area contributed by atoms with Gasteiger partial charge in [-0.3, -0.25) is 0 Å². The number of hydrogen-bond acceptors (Lipinski definition) is 1. The smallest absolute Gasteiger partial charge is 0.347 e. The molecule has 1 fully saturated rings. The fraction of sp³-hybridized carbons (Fsp3) is 0.333. The van der Waals surface area contributed by atoms with Crippen molar-refractivity contribution in [3.8, 4) is 0 Å². The summed E-state index contributed by atoms with van der Waals surface area (Å²) >= 11 is 0. The fourth-order valence-corrected chi connectivity index (χ4v) is 1.77. The number of amides is 2. The van der Waals surface area contributed by atoms with Crippen molar-refractivity contribution in [2.45, 2.75) is 12.8 Å². The van der Waals surface area contributed by atoms with Crippen molar-refractivity contribution >= 4 is 17.6 Å². The zero-order valence-corrected chi connectivity index (χ0v) is 9.61. The molecule has 1 N–H and O–H groups in total. The number of aliphatic imine (C=N–C) groups is 1. The number of likely N-dealkylation sites (tertiary alicyclic amines) is 1. The molecule has 17 heavy (non-hydrogen) atoms. The summed E-state index contributed by atoms with van der Waals surface area (Å²) in [7, 11) is 1.90. The molecule has 0 bridgehead atoms. The molecule has 0 saturated carbocycles. The zero-order valence-electron chi connectivity index (χ0n) is 9.61. The molecule has 2 rings (SSSR count). The van der Waals surface area contributed by atoms with E-state index in [0.29, 0.717) is 5.69 Å². The normalized spacial score (nSPS) is 17.5. The monoisotopic (exact) mass is 235 g/mol. The van der Waals surface area contributed by atoms with Crippen LogP contribution in [0.15, 0.2) is 29.3 Å². The van der Waals surface area contributed by atoms with Crippen molar-refractivity contribution in [1.29, 1.82) is 0 Å². The van der Waals surface area contributed by atoms with Crippen LogP contribution < -0.4 is 5.32 Å². The molecule has 0 unspecified atom stereocenters. The van der Waals surface area contributed by atoms with Crippen LogP contribution in [0.2, 0.25) is 0 Å². The first-order valence-corrected chi connectivity index (χ1v) is 5.50. The van der Waals surface area contributed by atoms with Crippen molar-refractivity contribution in [3.63, 3.8) is 0 Å². The Kier molecular flexibility index (Phi) is 3.37. The highest BCUT2D eigenvalue weighted by Crippen LogP contribution is 2.11. The van der Waals surface area contributed by atoms with Gasteiger partial charge in [0.05, 0.1) is 0 Å². The molecule has 0 aromatic heterocycles. The highest BCUT2D eigenvalue weighted by atomic mass is 19.1. The van der Waals surface area contributed by atoms with Gasteiger partial charge in [-0.25, -0.2) is 9.18 Å². The molecule has 4 nitrogen and oxygen atoms in total. The topological polar surface area (TPSA) is 44.7 Å². The number of amidine groups is 1. The van der Waals surface area contributed by atoms with Crippen LogP contribution in [0.1, 0.15) is 12.8 Å². The summed E-state index contributed by atoms with van der Waals surface area (Å²) in [6.07, 6.45) is 1.83. The van der Waals surface area contributed by atoms with Gasteiger partial charge in [0.2, 0.25) is 0 Å². The van der Waals surface area contributed by atoms with E-state index in [1.807, 2.05) is 11.9 Å². The molecular weight excluding hydrogens is 221 g/mol. The van der Waals surface area contributed by atoms with Crippen molar-refractivity contribution in [1.82, 2.24) is 4.90 Å². The lowest BCUT2D eigenvalue weighted by atomic mass is 10.3. The van der Waals surface area contributed by atoms with Gasteiger partial charge in [-0.1, -0.05) is 6.07 Å². The maximum atomic E-state index is 12.9. The summed E-state index contributed by atoms with van der Waals surface area (Å²) in [5, 5.41) is 2.54. The number of halogens is 1. The Morgan fingerprint density at radius 1 is 1.53 bits per heavy atom. The van der Waals surface area contributed by atoms with Crippen LogP contribution >= 0.6 is 0 Å². The average molecular weight is 235 g/mol. The predicted octanol–water partition coefficient (Wildman–Crippen LogP) is 2.48. The SMILES string of the molecule is CN1CCC/C1=N/C(=O)Nc1cccc(F)c1. The van der Waals surface area contributed by atoms with Gasteiger partial charge in [-0.15, -0.1) is 0 Å². The minimum atomic E-state index is -0.459. The van der Waals surface area contributed by atoms with Gasteiger partial charge in [0, 0.05) is 25.7 Å². The molecule has 1 aliphatic heterocycles. The van der Waals surface area contributed by atoms with E-state index in [1.54, 1.807) is 12.1 Å². The van der Waals surface area contributed by atoms with Crippen LogP contribution in [-0.4, -0.2) is 30.4 Å². The Morgan fingerprint density at radius 3 is 3.00 bits per heavy atom. The first kappa shape index (κ1) is 11.6. The van der Waals surface area contributed by atoms with Crippen LogP contribution in [0, 0.1) is 5.82 Å². The number of carbonyl (C=O) groups is 1. The molecule has 0 aliphatic carbocycles. The third-order valence-electron chi connectivity index (χ3n) is 2.64. The van der Waals surface area contributed by atoms with Crippen molar-refractivity contribution in [2.75, 3.05) is 18.9 Å². The van der Waals surface area contributed by atoms with Gasteiger partial charge in [0.1, 0.15) is 11.7 Å². The molecule has 2 amide bonds. The maximum Gasteiger partial charge on any atom is 0.347 e. The van der Waals surface area contributed by atoms with Gasteiger partial charge in [0.15, 0.2) is 0 Å². The second-order valence-electron chi connectivity index (χ2n) is 3.99. The van der Waals surface area contributed by atoms with E-state index in [9.17, 15) is 9.18 Å². The molecule has 1 aromatic carbocycles. The minimum Gasteiger partial charge on any atom is -0.363 e. The van der Waals surface area contributed by atoms with Crippen molar-refractivity contribution < 1.29 is 9.18 Å². The molecule has 1 aliphatic rings. The second-order valence-corrected chi connectivity index (χ2v) is 3.99. The fourth-order valence-electron chi connectivity index (χ4n) is 1.77. The Hall–Kier alpha value is -1.91. The number of anilines is 1. The van der Waals surface area contributed by atoms with Gasteiger partial charge < -0.3 is 10.2 Å². The number of rotatable bonds is 1. The number of nitrogens with one attached hydrogen (secondary N) is 1. The van der Waals surface area contributed by atoms with Crippen LogP contribution in [0.4, 0.5) is 14.9 Å². The predicted molar refractivity (Wildman–Crippen MR) is 64.7 cm³/mol. The first-order valence-electron chi connectivity index (χ1n) is 5.50. The molecule has 90 valence electrons. The lowest BCUT2D eigenvalue weighted by Crippen LogP contribution is -2.21. The summed E-state index contributed by atoms with van der Waals surface area (Å²) < 4.78 is 12.9. The molecule has 0 radical (unpaired) electrons. The number of benzene rings is 1. The van der Waals surface area contributed by atoms with Gasteiger partial charge in [-0.2, -0.15) is 4.99 Å². The van der Waals surface area contributed by atoms with Gasteiger partial charge in [-0.05, 0) is 24.6 Å². The number of nitrogens with zero attached hydrogens (tertiary/aromatic N) is 2. The molecule has 1 aromatic rings. The van der Waals surface area contributed by atoms with E-state index in [0.717, 1.165) is 25.2 Å². The standard InChI is InChI=1S/C12H14FN3O/c1-16-7-3-6-11(16)15-12(17)14-10-5-2-4-9(13)8-10/h2,4-5,8H,3,6-7H2,1H3,(H,14,17)/b15-11-. The zero-order chi connectivity index (χ0) is 12.3. The summed E-state index contributed by atoms with van der Waals surface area (Å²) in [6, 6.07) is 5.29. The third-order valence-corrected chi connectivity index (χ3v) is 2.64. The summed E-state index contributed by atoms with van der Waals surface area (Å²) in [4.78, 5) is 17.5. The van der Waals surface area contributed by atoms with Crippen LogP contribution in [-0.2, 0) is 0 Å². The van der Waals surface area contributed by atoms with Gasteiger partial charge >= 0.3 is 6.03 Å². The average Bonchev–Trinajstić information content (AvgIpc) is 2.64. The first-order chi connectivity index (χ1) is 8.15. The molecule has 0 spiro atoms. The van der Waals surface area contributed by atoms with Crippen molar-refractivity contribution in [2.24, 2.45) is 4.99 Å². The van der Waals surface area contributed by atoms with Gasteiger partial charge in [0.25, 0.3) is 0 Å². The summed E-state index contributed by atoms with van der Waals surface area (Å²) in [6.45, 7) is 0.923. The lowest BCUT2D eigenvalue weighted by molar-refractivity contribution is 0.259. The van der Waals surface area contributed by atoms with E-state index in [-0.39, 0.29) is 5.82 Å². The van der Waals surface area contributed by atoms with Crippen LogP contribution in [0.3, 0.4) is 0 Å². The van der Waals surface area contributed by atoms with E-state index < -0.39 is 6.03 Å².